The number of hydrogen-bond acceptors (Lipinski definition) is 4. The fourth-order valence-corrected chi connectivity index (χ4v) is 5.39. The monoisotopic (exact) mass is 371 g/mol. The Hall–Kier alpha value is -1.43. The smallest absolute Gasteiger partial charge is 0.251 e. The van der Waals surface area contributed by atoms with E-state index in [2.05, 4.69) is 15.1 Å². The number of methoxy groups -OCH3 is 1. The number of benzene rings is 1. The van der Waals surface area contributed by atoms with Crippen molar-refractivity contribution in [1.29, 1.82) is 0 Å². The van der Waals surface area contributed by atoms with Crippen molar-refractivity contribution in [2.75, 3.05) is 46.4 Å². The summed E-state index contributed by atoms with van der Waals surface area (Å²) in [6.07, 6.45) is 5.13. The molecule has 4 saturated heterocycles. The highest BCUT2D eigenvalue weighted by Crippen LogP contribution is 2.37. The van der Waals surface area contributed by atoms with Crippen molar-refractivity contribution in [1.82, 2.24) is 15.1 Å². The van der Waals surface area contributed by atoms with Crippen molar-refractivity contribution >= 4 is 5.91 Å². The standard InChI is InChI=1S/C22H33N3O2/c1-27-16-20-8-5-10-24(20)14-19-15-25-11-9-18(19)12-21(25)13-23-22(26)17-6-3-2-4-7-17/h2-4,6-7,18-21H,5,8-16H2,1H3,(H,23,26). The van der Waals surface area contributed by atoms with Crippen LogP contribution in [0.5, 0.6) is 0 Å². The molecule has 5 atom stereocenters. The Labute approximate surface area is 163 Å². The Balaban J connectivity index is 1.28. The van der Waals surface area contributed by atoms with Crippen LogP contribution in [0.15, 0.2) is 30.3 Å². The third-order valence-electron chi connectivity index (χ3n) is 6.88. The van der Waals surface area contributed by atoms with E-state index in [1.807, 2.05) is 37.4 Å². The number of amides is 1. The van der Waals surface area contributed by atoms with E-state index < -0.39 is 0 Å². The van der Waals surface area contributed by atoms with E-state index in [4.69, 9.17) is 4.74 Å². The third kappa shape index (κ3) is 4.36. The molecule has 5 unspecified atom stereocenters. The van der Waals surface area contributed by atoms with Crippen LogP contribution in [0.3, 0.4) is 0 Å². The van der Waals surface area contributed by atoms with Crippen molar-refractivity contribution in [2.45, 2.75) is 37.8 Å². The van der Waals surface area contributed by atoms with Gasteiger partial charge in [0, 0.05) is 44.4 Å². The number of fused-ring (bicyclic) bond motifs is 3. The number of rotatable bonds is 7. The molecule has 4 aliphatic heterocycles. The van der Waals surface area contributed by atoms with Gasteiger partial charge in [-0.05, 0) is 62.7 Å². The largest absolute Gasteiger partial charge is 0.383 e. The minimum atomic E-state index is 0.0503. The fraction of sp³-hybridized carbons (Fsp3) is 0.682. The number of hydrogen-bond donors (Lipinski definition) is 1. The molecule has 0 aliphatic carbocycles. The zero-order valence-corrected chi connectivity index (χ0v) is 16.5. The van der Waals surface area contributed by atoms with E-state index in [0.29, 0.717) is 12.1 Å². The van der Waals surface area contributed by atoms with E-state index >= 15 is 0 Å². The zero-order chi connectivity index (χ0) is 18.6. The SMILES string of the molecule is COCC1CCCN1CC1CN2CCC1CC2CNC(=O)c1ccccc1. The fourth-order valence-electron chi connectivity index (χ4n) is 5.39. The molecule has 27 heavy (non-hydrogen) atoms. The lowest BCUT2D eigenvalue weighted by molar-refractivity contribution is -0.0167. The molecule has 1 amide bonds. The van der Waals surface area contributed by atoms with E-state index in [-0.39, 0.29) is 5.91 Å². The van der Waals surface area contributed by atoms with Crippen molar-refractivity contribution in [3.63, 3.8) is 0 Å². The number of likely N-dealkylation sites (tertiary alicyclic amines) is 1. The predicted octanol–water partition coefficient (Wildman–Crippen LogP) is 2.24. The molecule has 1 aromatic rings. The van der Waals surface area contributed by atoms with Gasteiger partial charge in [0.2, 0.25) is 0 Å². The first-order chi connectivity index (χ1) is 13.2. The molecule has 0 aromatic heterocycles. The molecular weight excluding hydrogens is 338 g/mol. The lowest BCUT2D eigenvalue weighted by Crippen LogP contribution is -2.58. The highest BCUT2D eigenvalue weighted by atomic mass is 16.5. The van der Waals surface area contributed by atoms with Crippen LogP contribution in [0.1, 0.15) is 36.0 Å². The van der Waals surface area contributed by atoms with Gasteiger partial charge < -0.3 is 10.1 Å². The van der Waals surface area contributed by atoms with Crippen molar-refractivity contribution < 1.29 is 9.53 Å². The summed E-state index contributed by atoms with van der Waals surface area (Å²) in [5.41, 5.74) is 0.754. The van der Waals surface area contributed by atoms with E-state index in [1.165, 1.54) is 51.9 Å². The second-order valence-electron chi connectivity index (χ2n) is 8.52. The summed E-state index contributed by atoms with van der Waals surface area (Å²) in [5.74, 6) is 1.63. The Morgan fingerprint density at radius 1 is 1.19 bits per heavy atom. The second kappa shape index (κ2) is 8.72. The van der Waals surface area contributed by atoms with Crippen LogP contribution in [0.2, 0.25) is 0 Å². The maximum absolute atomic E-state index is 12.3. The first kappa shape index (κ1) is 18.9. The van der Waals surface area contributed by atoms with Gasteiger partial charge in [-0.25, -0.2) is 0 Å². The molecule has 5 nitrogen and oxygen atoms in total. The van der Waals surface area contributed by atoms with Crippen LogP contribution in [0.25, 0.3) is 0 Å². The Morgan fingerprint density at radius 2 is 2.04 bits per heavy atom. The van der Waals surface area contributed by atoms with Gasteiger partial charge in [-0.15, -0.1) is 0 Å². The summed E-state index contributed by atoms with van der Waals surface area (Å²) in [6.45, 7) is 6.47. The van der Waals surface area contributed by atoms with Gasteiger partial charge in [0.1, 0.15) is 0 Å². The molecule has 0 saturated carbocycles. The Kier molecular flexibility index (Phi) is 6.11. The predicted molar refractivity (Wildman–Crippen MR) is 107 cm³/mol. The Morgan fingerprint density at radius 3 is 2.78 bits per heavy atom. The molecule has 1 N–H and O–H groups in total. The summed E-state index contributed by atoms with van der Waals surface area (Å²) in [6, 6.07) is 10.7. The minimum Gasteiger partial charge on any atom is -0.383 e. The van der Waals surface area contributed by atoms with Crippen LogP contribution < -0.4 is 5.32 Å². The van der Waals surface area contributed by atoms with Gasteiger partial charge in [0.25, 0.3) is 5.91 Å². The number of nitrogens with one attached hydrogen (secondary N) is 1. The highest BCUT2D eigenvalue weighted by molar-refractivity contribution is 5.94. The van der Waals surface area contributed by atoms with E-state index in [9.17, 15) is 4.79 Å². The van der Waals surface area contributed by atoms with Gasteiger partial charge >= 0.3 is 0 Å². The number of carbonyl (C=O) groups is 1. The number of piperidine rings is 3. The van der Waals surface area contributed by atoms with Gasteiger partial charge in [0.05, 0.1) is 6.61 Å². The van der Waals surface area contributed by atoms with E-state index in [1.54, 1.807) is 0 Å². The summed E-state index contributed by atoms with van der Waals surface area (Å²) >= 11 is 0. The van der Waals surface area contributed by atoms with Gasteiger partial charge in [-0.2, -0.15) is 0 Å². The van der Waals surface area contributed by atoms with Crippen LogP contribution >= 0.6 is 0 Å². The second-order valence-corrected chi connectivity index (χ2v) is 8.52. The molecule has 1 aromatic carbocycles. The molecule has 0 spiro atoms. The Bertz CT molecular complexity index is 623. The summed E-state index contributed by atoms with van der Waals surface area (Å²) in [4.78, 5) is 17.6. The first-order valence-electron chi connectivity index (χ1n) is 10.5. The van der Waals surface area contributed by atoms with Crippen LogP contribution in [0, 0.1) is 11.8 Å². The molecule has 0 radical (unpaired) electrons. The maximum atomic E-state index is 12.3. The molecule has 4 heterocycles. The molecule has 4 aliphatic rings. The number of ether oxygens (including phenoxy) is 1. The van der Waals surface area contributed by atoms with Crippen LogP contribution in [0.4, 0.5) is 0 Å². The average Bonchev–Trinajstić information content (AvgIpc) is 3.14. The number of nitrogens with zero attached hydrogens (tertiary/aromatic N) is 2. The summed E-state index contributed by atoms with van der Waals surface area (Å²) < 4.78 is 5.42. The van der Waals surface area contributed by atoms with Gasteiger partial charge in [-0.3, -0.25) is 14.6 Å². The molecule has 5 heteroatoms. The third-order valence-corrected chi connectivity index (χ3v) is 6.88. The van der Waals surface area contributed by atoms with Crippen molar-refractivity contribution in [3.8, 4) is 0 Å². The minimum absolute atomic E-state index is 0.0503. The number of carbonyl (C=O) groups excluding carboxylic acids is 1. The van der Waals surface area contributed by atoms with Crippen molar-refractivity contribution in [3.05, 3.63) is 35.9 Å². The molecule has 148 valence electrons. The van der Waals surface area contributed by atoms with Gasteiger partial charge in [-0.1, -0.05) is 18.2 Å². The molecule has 4 fully saturated rings. The lowest BCUT2D eigenvalue weighted by Gasteiger charge is -2.51. The van der Waals surface area contributed by atoms with Crippen molar-refractivity contribution in [2.24, 2.45) is 11.8 Å². The van der Waals surface area contributed by atoms with Crippen LogP contribution in [-0.4, -0.2) is 74.2 Å². The van der Waals surface area contributed by atoms with E-state index in [0.717, 1.165) is 30.6 Å². The molecule has 2 bridgehead atoms. The quantitative estimate of drug-likeness (QED) is 0.798. The molecular formula is C22H33N3O2. The average molecular weight is 372 g/mol. The summed E-state index contributed by atoms with van der Waals surface area (Å²) in [5, 5.41) is 3.16. The highest BCUT2D eigenvalue weighted by Gasteiger charge is 2.41. The van der Waals surface area contributed by atoms with Crippen LogP contribution in [-0.2, 0) is 4.74 Å². The lowest BCUT2D eigenvalue weighted by atomic mass is 9.75. The first-order valence-corrected chi connectivity index (χ1v) is 10.5. The molecule has 5 rings (SSSR count). The summed E-state index contributed by atoms with van der Waals surface area (Å²) in [7, 11) is 1.82. The maximum Gasteiger partial charge on any atom is 0.251 e. The van der Waals surface area contributed by atoms with Gasteiger partial charge in [0.15, 0.2) is 0 Å². The zero-order valence-electron chi connectivity index (χ0n) is 16.5. The normalized spacial score (nSPS) is 33.3. The topological polar surface area (TPSA) is 44.8 Å².